The van der Waals surface area contributed by atoms with Crippen LogP contribution in [0.5, 0.6) is 0 Å². The van der Waals surface area contributed by atoms with E-state index >= 15 is 0 Å². The molecule has 3 aliphatic carbocycles. The molecule has 0 unspecified atom stereocenters. The standard InChI is InChI=1S/C16H23N/c1-11-5-12(2)14(13(3)6-11)16-7-15(8-16,9-16)10-17-4/h5-6,17H,7-10H2,1-4H3. The molecule has 1 aromatic rings. The first kappa shape index (κ1) is 11.3. The summed E-state index contributed by atoms with van der Waals surface area (Å²) >= 11 is 0. The van der Waals surface area contributed by atoms with Crippen LogP contribution in [0.15, 0.2) is 12.1 Å². The van der Waals surface area contributed by atoms with E-state index in [-0.39, 0.29) is 0 Å². The second kappa shape index (κ2) is 3.35. The maximum Gasteiger partial charge on any atom is 0.000577 e. The minimum absolute atomic E-state index is 0.554. The molecule has 3 fully saturated rings. The van der Waals surface area contributed by atoms with Gasteiger partial charge >= 0.3 is 0 Å². The average Bonchev–Trinajstić information content (AvgIpc) is 2.10. The van der Waals surface area contributed by atoms with Crippen LogP contribution in [0.4, 0.5) is 0 Å². The Bertz CT molecular complexity index is 430. The Hall–Kier alpha value is -0.820. The highest BCUT2D eigenvalue weighted by atomic mass is 14.9. The first-order valence-electron chi connectivity index (χ1n) is 6.73. The maximum absolute atomic E-state index is 3.36. The zero-order chi connectivity index (χ0) is 12.3. The summed E-state index contributed by atoms with van der Waals surface area (Å²) in [5, 5.41) is 3.36. The Morgan fingerprint density at radius 1 is 1.06 bits per heavy atom. The number of nitrogens with one attached hydrogen (secondary N) is 1. The smallest absolute Gasteiger partial charge is 0.000577 e. The Morgan fingerprint density at radius 3 is 2.06 bits per heavy atom. The Kier molecular flexibility index (Phi) is 2.22. The monoisotopic (exact) mass is 229 g/mol. The van der Waals surface area contributed by atoms with Gasteiger partial charge in [-0.25, -0.2) is 0 Å². The van der Waals surface area contributed by atoms with Gasteiger partial charge in [0.1, 0.15) is 0 Å². The van der Waals surface area contributed by atoms with Crippen molar-refractivity contribution < 1.29 is 0 Å². The van der Waals surface area contributed by atoms with Gasteiger partial charge in [-0.3, -0.25) is 0 Å². The molecule has 0 saturated heterocycles. The summed E-state index contributed by atoms with van der Waals surface area (Å²) in [5.74, 6) is 0. The molecule has 2 bridgehead atoms. The third-order valence-electron chi connectivity index (χ3n) is 4.90. The van der Waals surface area contributed by atoms with Crippen molar-refractivity contribution in [3.05, 3.63) is 34.4 Å². The Balaban J connectivity index is 1.89. The van der Waals surface area contributed by atoms with Crippen LogP contribution in [0, 0.1) is 26.2 Å². The lowest BCUT2D eigenvalue weighted by Crippen LogP contribution is -2.67. The van der Waals surface area contributed by atoms with Crippen LogP contribution in [-0.4, -0.2) is 13.6 Å². The van der Waals surface area contributed by atoms with Crippen molar-refractivity contribution >= 4 is 0 Å². The third-order valence-corrected chi connectivity index (χ3v) is 4.90. The fourth-order valence-electron chi connectivity index (χ4n) is 4.84. The molecule has 0 radical (unpaired) electrons. The van der Waals surface area contributed by atoms with Crippen LogP contribution in [0.25, 0.3) is 0 Å². The number of benzene rings is 1. The van der Waals surface area contributed by atoms with E-state index in [4.69, 9.17) is 0 Å². The summed E-state index contributed by atoms with van der Waals surface area (Å²) in [7, 11) is 2.08. The van der Waals surface area contributed by atoms with E-state index in [1.807, 2.05) is 0 Å². The first-order valence-corrected chi connectivity index (χ1v) is 6.73. The van der Waals surface area contributed by atoms with Crippen molar-refractivity contribution in [2.24, 2.45) is 5.41 Å². The lowest BCUT2D eigenvalue weighted by atomic mass is 9.33. The molecule has 0 amide bonds. The maximum atomic E-state index is 3.36. The van der Waals surface area contributed by atoms with E-state index in [9.17, 15) is 0 Å². The topological polar surface area (TPSA) is 12.0 Å². The van der Waals surface area contributed by atoms with Gasteiger partial charge in [-0.05, 0) is 74.6 Å². The normalized spacial score (nSPS) is 34.1. The highest BCUT2D eigenvalue weighted by Crippen LogP contribution is 2.74. The van der Waals surface area contributed by atoms with Crippen LogP contribution < -0.4 is 5.32 Å². The molecule has 0 aromatic heterocycles. The number of aryl methyl sites for hydroxylation is 3. The van der Waals surface area contributed by atoms with Gasteiger partial charge in [0.2, 0.25) is 0 Å². The molecule has 1 heteroatoms. The molecule has 17 heavy (non-hydrogen) atoms. The van der Waals surface area contributed by atoms with Gasteiger partial charge in [0.05, 0.1) is 0 Å². The molecule has 4 rings (SSSR count). The molecule has 1 N–H and O–H groups in total. The molecule has 0 aliphatic heterocycles. The van der Waals surface area contributed by atoms with E-state index in [0.29, 0.717) is 10.8 Å². The van der Waals surface area contributed by atoms with Gasteiger partial charge in [0.15, 0.2) is 0 Å². The van der Waals surface area contributed by atoms with Crippen molar-refractivity contribution in [3.8, 4) is 0 Å². The average molecular weight is 229 g/mol. The van der Waals surface area contributed by atoms with Gasteiger partial charge in [-0.2, -0.15) is 0 Å². The highest BCUT2D eigenvalue weighted by molar-refractivity contribution is 5.49. The van der Waals surface area contributed by atoms with Crippen molar-refractivity contribution in [2.75, 3.05) is 13.6 Å². The fourth-order valence-corrected chi connectivity index (χ4v) is 4.84. The molecule has 0 heterocycles. The number of hydrogen-bond donors (Lipinski definition) is 1. The minimum Gasteiger partial charge on any atom is -0.319 e. The van der Waals surface area contributed by atoms with Crippen LogP contribution in [0.3, 0.4) is 0 Å². The molecule has 1 aromatic carbocycles. The van der Waals surface area contributed by atoms with Gasteiger partial charge in [0.25, 0.3) is 0 Å². The molecular formula is C16H23N. The first-order chi connectivity index (χ1) is 8.00. The summed E-state index contributed by atoms with van der Waals surface area (Å²) in [6.45, 7) is 7.99. The Morgan fingerprint density at radius 2 is 1.59 bits per heavy atom. The summed E-state index contributed by atoms with van der Waals surface area (Å²) < 4.78 is 0. The number of rotatable bonds is 3. The van der Waals surface area contributed by atoms with Crippen molar-refractivity contribution in [1.82, 2.24) is 5.32 Å². The second-order valence-electron chi connectivity index (χ2n) is 6.61. The number of hydrogen-bond acceptors (Lipinski definition) is 1. The van der Waals surface area contributed by atoms with Crippen LogP contribution in [-0.2, 0) is 5.41 Å². The van der Waals surface area contributed by atoms with E-state index in [0.717, 1.165) is 0 Å². The molecule has 0 spiro atoms. The van der Waals surface area contributed by atoms with E-state index in [1.165, 1.54) is 42.5 Å². The lowest BCUT2D eigenvalue weighted by Gasteiger charge is -2.72. The largest absolute Gasteiger partial charge is 0.319 e. The van der Waals surface area contributed by atoms with Crippen LogP contribution >= 0.6 is 0 Å². The lowest BCUT2D eigenvalue weighted by molar-refractivity contribution is -0.137. The third kappa shape index (κ3) is 1.41. The quantitative estimate of drug-likeness (QED) is 0.839. The SMILES string of the molecule is CNCC12CC(c3c(C)cc(C)cc3C)(C1)C2. The summed E-state index contributed by atoms with van der Waals surface area (Å²) in [5.41, 5.74) is 7.30. The van der Waals surface area contributed by atoms with Crippen molar-refractivity contribution in [1.29, 1.82) is 0 Å². The van der Waals surface area contributed by atoms with Crippen molar-refractivity contribution in [2.45, 2.75) is 45.4 Å². The second-order valence-corrected chi connectivity index (χ2v) is 6.61. The minimum atomic E-state index is 0.554. The molecule has 1 nitrogen and oxygen atoms in total. The van der Waals surface area contributed by atoms with Gasteiger partial charge < -0.3 is 5.32 Å². The van der Waals surface area contributed by atoms with E-state index < -0.39 is 0 Å². The fraction of sp³-hybridized carbons (Fsp3) is 0.625. The van der Waals surface area contributed by atoms with Gasteiger partial charge in [0, 0.05) is 6.54 Å². The van der Waals surface area contributed by atoms with Crippen LogP contribution in [0.1, 0.15) is 41.5 Å². The molecular weight excluding hydrogens is 206 g/mol. The summed E-state index contributed by atoms with van der Waals surface area (Å²) in [4.78, 5) is 0. The van der Waals surface area contributed by atoms with E-state index in [2.05, 4.69) is 45.3 Å². The van der Waals surface area contributed by atoms with E-state index in [1.54, 1.807) is 5.56 Å². The van der Waals surface area contributed by atoms with Gasteiger partial charge in [-0.15, -0.1) is 0 Å². The summed E-state index contributed by atoms with van der Waals surface area (Å²) in [6, 6.07) is 4.71. The zero-order valence-electron chi connectivity index (χ0n) is 11.5. The van der Waals surface area contributed by atoms with Crippen LogP contribution in [0.2, 0.25) is 0 Å². The highest BCUT2D eigenvalue weighted by Gasteiger charge is 2.68. The summed E-state index contributed by atoms with van der Waals surface area (Å²) in [6.07, 6.45) is 4.22. The van der Waals surface area contributed by atoms with Crippen molar-refractivity contribution in [3.63, 3.8) is 0 Å². The molecule has 92 valence electrons. The Labute approximate surface area is 105 Å². The predicted octanol–water partition coefficient (Wildman–Crippen LogP) is 3.25. The zero-order valence-corrected chi connectivity index (χ0v) is 11.5. The predicted molar refractivity (Wildman–Crippen MR) is 72.5 cm³/mol. The van der Waals surface area contributed by atoms with Gasteiger partial charge in [-0.1, -0.05) is 17.7 Å². The molecule has 3 saturated carbocycles. The molecule has 0 atom stereocenters. The molecule has 3 aliphatic rings.